The van der Waals surface area contributed by atoms with Gasteiger partial charge in [-0.1, -0.05) is 15.9 Å². The Morgan fingerprint density at radius 2 is 2.27 bits per heavy atom. The van der Waals surface area contributed by atoms with Gasteiger partial charge in [-0.3, -0.25) is 0 Å². The van der Waals surface area contributed by atoms with Crippen molar-refractivity contribution in [2.75, 3.05) is 5.73 Å². The smallest absolute Gasteiger partial charge is 0.180 e. The van der Waals surface area contributed by atoms with Gasteiger partial charge in [-0.2, -0.15) is 0 Å². The van der Waals surface area contributed by atoms with E-state index in [1.807, 2.05) is 0 Å². The normalized spacial score (nSPS) is 10.5. The number of anilines is 1. The summed E-state index contributed by atoms with van der Waals surface area (Å²) >= 11 is 4.80. The highest BCUT2D eigenvalue weighted by Gasteiger charge is 2.05. The topological polar surface area (TPSA) is 38.9 Å². The van der Waals surface area contributed by atoms with Crippen LogP contribution in [0.3, 0.4) is 0 Å². The van der Waals surface area contributed by atoms with Crippen molar-refractivity contribution in [2.24, 2.45) is 0 Å². The zero-order valence-electron chi connectivity index (χ0n) is 7.71. The summed E-state index contributed by atoms with van der Waals surface area (Å²) in [6.45, 7) is 0. The quantitative estimate of drug-likeness (QED) is 0.921. The van der Waals surface area contributed by atoms with Crippen LogP contribution in [-0.2, 0) is 6.42 Å². The van der Waals surface area contributed by atoms with Crippen LogP contribution in [0, 0.1) is 5.82 Å². The highest BCUT2D eigenvalue weighted by molar-refractivity contribution is 9.10. The number of hydrogen-bond donors (Lipinski definition) is 1. The van der Waals surface area contributed by atoms with E-state index in [1.165, 1.54) is 23.5 Å². The summed E-state index contributed by atoms with van der Waals surface area (Å²) in [5.41, 5.74) is 6.42. The number of benzene rings is 1. The first-order valence-electron chi connectivity index (χ1n) is 4.29. The second-order valence-corrected chi connectivity index (χ2v) is 5.08. The molecule has 0 aliphatic carbocycles. The van der Waals surface area contributed by atoms with Gasteiger partial charge in [0.25, 0.3) is 0 Å². The predicted octanol–water partition coefficient (Wildman–Crippen LogP) is 3.22. The molecule has 0 saturated carbocycles. The third kappa shape index (κ3) is 2.54. The van der Waals surface area contributed by atoms with Crippen LogP contribution in [0.15, 0.2) is 28.9 Å². The maximum atomic E-state index is 13.0. The molecule has 0 amide bonds. The van der Waals surface area contributed by atoms with Crippen LogP contribution < -0.4 is 5.73 Å². The monoisotopic (exact) mass is 286 g/mol. The van der Waals surface area contributed by atoms with Gasteiger partial charge in [0.1, 0.15) is 5.82 Å². The van der Waals surface area contributed by atoms with Crippen molar-refractivity contribution < 1.29 is 4.39 Å². The van der Waals surface area contributed by atoms with Crippen molar-refractivity contribution in [3.05, 3.63) is 45.1 Å². The van der Waals surface area contributed by atoms with E-state index in [-0.39, 0.29) is 5.82 Å². The molecule has 15 heavy (non-hydrogen) atoms. The van der Waals surface area contributed by atoms with Gasteiger partial charge >= 0.3 is 0 Å². The summed E-state index contributed by atoms with van der Waals surface area (Å²) < 4.78 is 13.9. The summed E-state index contributed by atoms with van der Waals surface area (Å²) in [4.78, 5) is 4.98. The van der Waals surface area contributed by atoms with Crippen molar-refractivity contribution in [1.82, 2.24) is 4.98 Å². The molecule has 0 spiro atoms. The molecule has 0 fully saturated rings. The maximum Gasteiger partial charge on any atom is 0.180 e. The Morgan fingerprint density at radius 3 is 2.93 bits per heavy atom. The minimum atomic E-state index is -0.231. The minimum Gasteiger partial charge on any atom is -0.375 e. The number of hydrogen-bond acceptors (Lipinski definition) is 3. The average Bonchev–Trinajstić information content (AvgIpc) is 2.58. The third-order valence-electron chi connectivity index (χ3n) is 1.94. The summed E-state index contributed by atoms with van der Waals surface area (Å²) in [5, 5.41) is 0.539. The van der Waals surface area contributed by atoms with E-state index in [0.717, 1.165) is 14.9 Å². The van der Waals surface area contributed by atoms with Gasteiger partial charge in [-0.25, -0.2) is 9.37 Å². The van der Waals surface area contributed by atoms with Crippen LogP contribution in [0.5, 0.6) is 0 Å². The molecule has 2 N–H and O–H groups in total. The van der Waals surface area contributed by atoms with Gasteiger partial charge in [0.05, 0.1) is 0 Å². The largest absolute Gasteiger partial charge is 0.375 e. The average molecular weight is 287 g/mol. The van der Waals surface area contributed by atoms with E-state index in [4.69, 9.17) is 5.73 Å². The van der Waals surface area contributed by atoms with Crippen molar-refractivity contribution in [1.29, 1.82) is 0 Å². The van der Waals surface area contributed by atoms with E-state index < -0.39 is 0 Å². The SMILES string of the molecule is Nc1ncc(Cc2cc(F)ccc2Br)s1. The number of aromatic nitrogens is 1. The summed E-state index contributed by atoms with van der Waals surface area (Å²) in [6.07, 6.45) is 2.37. The summed E-state index contributed by atoms with van der Waals surface area (Å²) in [7, 11) is 0. The highest BCUT2D eigenvalue weighted by atomic mass is 79.9. The molecule has 78 valence electrons. The van der Waals surface area contributed by atoms with Gasteiger partial charge in [-0.05, 0) is 23.8 Å². The fourth-order valence-corrected chi connectivity index (χ4v) is 2.36. The van der Waals surface area contributed by atoms with Crippen LogP contribution in [-0.4, -0.2) is 4.98 Å². The standard InChI is InChI=1S/C10H8BrFN2S/c11-9-2-1-7(12)3-6(9)4-8-5-14-10(13)15-8/h1-3,5H,4H2,(H2,13,14). The first-order valence-corrected chi connectivity index (χ1v) is 5.90. The lowest BCUT2D eigenvalue weighted by Gasteiger charge is -2.01. The molecule has 0 atom stereocenters. The molecule has 2 rings (SSSR count). The van der Waals surface area contributed by atoms with E-state index in [1.54, 1.807) is 12.3 Å². The zero-order valence-corrected chi connectivity index (χ0v) is 10.1. The van der Waals surface area contributed by atoms with Gasteiger partial charge in [0.2, 0.25) is 0 Å². The number of halogens is 2. The first-order chi connectivity index (χ1) is 7.15. The molecule has 0 unspecified atom stereocenters. The molecule has 5 heteroatoms. The van der Waals surface area contributed by atoms with Crippen molar-refractivity contribution >= 4 is 32.4 Å². The Balaban J connectivity index is 2.27. The highest BCUT2D eigenvalue weighted by Crippen LogP contribution is 2.24. The van der Waals surface area contributed by atoms with Crippen LogP contribution >= 0.6 is 27.3 Å². The molecule has 0 aliphatic heterocycles. The summed E-state index contributed by atoms with van der Waals surface area (Å²) in [6, 6.07) is 4.64. The molecule has 1 heterocycles. The van der Waals surface area contributed by atoms with Crippen molar-refractivity contribution in [3.63, 3.8) is 0 Å². The Labute approximate surface area is 99.1 Å². The molecule has 0 radical (unpaired) electrons. The lowest BCUT2D eigenvalue weighted by atomic mass is 10.1. The lowest BCUT2D eigenvalue weighted by Crippen LogP contribution is -1.88. The van der Waals surface area contributed by atoms with E-state index in [0.29, 0.717) is 11.6 Å². The number of rotatable bonds is 2. The van der Waals surface area contributed by atoms with Crippen LogP contribution in [0.1, 0.15) is 10.4 Å². The second kappa shape index (κ2) is 4.28. The zero-order chi connectivity index (χ0) is 10.8. The molecule has 1 aromatic heterocycles. The molecular formula is C10H8BrFN2S. The Morgan fingerprint density at radius 1 is 1.47 bits per heavy atom. The molecule has 1 aromatic carbocycles. The number of nitrogen functional groups attached to an aromatic ring is 1. The third-order valence-corrected chi connectivity index (χ3v) is 3.54. The maximum absolute atomic E-state index is 13.0. The second-order valence-electron chi connectivity index (χ2n) is 3.08. The van der Waals surface area contributed by atoms with E-state index in [2.05, 4.69) is 20.9 Å². The van der Waals surface area contributed by atoms with E-state index >= 15 is 0 Å². The van der Waals surface area contributed by atoms with Gasteiger partial charge < -0.3 is 5.73 Å². The Bertz CT molecular complexity index is 484. The number of thiazole rings is 1. The fraction of sp³-hybridized carbons (Fsp3) is 0.100. The van der Waals surface area contributed by atoms with Crippen LogP contribution in [0.2, 0.25) is 0 Å². The van der Waals surface area contributed by atoms with Gasteiger partial charge in [0, 0.05) is 22.0 Å². The van der Waals surface area contributed by atoms with Crippen molar-refractivity contribution in [2.45, 2.75) is 6.42 Å². The van der Waals surface area contributed by atoms with E-state index in [9.17, 15) is 4.39 Å². The molecule has 0 bridgehead atoms. The molecular weight excluding hydrogens is 279 g/mol. The Hall–Kier alpha value is -0.940. The Kier molecular flexibility index (Phi) is 3.02. The van der Waals surface area contributed by atoms with Gasteiger partial charge in [-0.15, -0.1) is 11.3 Å². The number of nitrogens with zero attached hydrogens (tertiary/aromatic N) is 1. The number of nitrogens with two attached hydrogens (primary N) is 1. The first kappa shape index (κ1) is 10.6. The molecule has 0 aliphatic rings. The van der Waals surface area contributed by atoms with Crippen LogP contribution in [0.25, 0.3) is 0 Å². The lowest BCUT2D eigenvalue weighted by molar-refractivity contribution is 0.625. The summed E-state index contributed by atoms with van der Waals surface area (Å²) in [5.74, 6) is -0.231. The predicted molar refractivity (Wildman–Crippen MR) is 63.4 cm³/mol. The molecule has 2 aromatic rings. The molecule has 2 nitrogen and oxygen atoms in total. The van der Waals surface area contributed by atoms with Crippen LogP contribution in [0.4, 0.5) is 9.52 Å². The minimum absolute atomic E-state index is 0.231. The fourth-order valence-electron chi connectivity index (χ4n) is 1.27. The van der Waals surface area contributed by atoms with Gasteiger partial charge in [0.15, 0.2) is 5.13 Å². The van der Waals surface area contributed by atoms with Crippen molar-refractivity contribution in [3.8, 4) is 0 Å². The molecule has 0 saturated heterocycles.